The van der Waals surface area contributed by atoms with Gasteiger partial charge in [0.25, 0.3) is 0 Å². The van der Waals surface area contributed by atoms with Crippen LogP contribution in [0, 0.1) is 6.92 Å². The summed E-state index contributed by atoms with van der Waals surface area (Å²) < 4.78 is 0. The molecule has 2 aromatic rings. The first kappa shape index (κ1) is 14.6. The Morgan fingerprint density at radius 3 is 1.90 bits per heavy atom. The first-order chi connectivity index (χ1) is 9.36. The van der Waals surface area contributed by atoms with Gasteiger partial charge in [-0.15, -0.1) is 0 Å². The van der Waals surface area contributed by atoms with Crippen LogP contribution in [0.1, 0.15) is 50.4 Å². The Balaban J connectivity index is 2.09. The van der Waals surface area contributed by atoms with Gasteiger partial charge in [-0.05, 0) is 42.5 Å². The van der Waals surface area contributed by atoms with E-state index in [4.69, 9.17) is 0 Å². The molecule has 0 radical (unpaired) electrons. The molecule has 0 spiro atoms. The molecule has 0 saturated heterocycles. The predicted octanol–water partition coefficient (Wildman–Crippen LogP) is 5.47. The molecule has 0 saturated carbocycles. The molecule has 0 aliphatic heterocycles. The van der Waals surface area contributed by atoms with Crippen LogP contribution in [0.2, 0.25) is 0 Å². The van der Waals surface area contributed by atoms with Crippen LogP contribution in [0.4, 0.5) is 5.69 Å². The number of hydrogen-bond donors (Lipinski definition) is 1. The van der Waals surface area contributed by atoms with Crippen molar-refractivity contribution < 1.29 is 0 Å². The van der Waals surface area contributed by atoms with E-state index in [0.717, 1.165) is 0 Å². The van der Waals surface area contributed by atoms with Gasteiger partial charge < -0.3 is 5.32 Å². The van der Waals surface area contributed by atoms with Gasteiger partial charge in [-0.2, -0.15) is 0 Å². The third-order valence-electron chi connectivity index (χ3n) is 3.71. The van der Waals surface area contributed by atoms with Gasteiger partial charge in [-0.25, -0.2) is 0 Å². The standard InChI is InChI=1S/C19H25N/c1-14-6-12-18(13-7-14)20-15(2)16-8-10-17(11-9-16)19(3,4)5/h6-13,15,20H,1-5H3. The maximum atomic E-state index is 3.54. The van der Waals surface area contributed by atoms with E-state index in [1.807, 2.05) is 0 Å². The molecule has 2 rings (SSSR count). The van der Waals surface area contributed by atoms with Crippen LogP contribution in [0.15, 0.2) is 48.5 Å². The third-order valence-corrected chi connectivity index (χ3v) is 3.71. The van der Waals surface area contributed by atoms with Gasteiger partial charge >= 0.3 is 0 Å². The zero-order valence-corrected chi connectivity index (χ0v) is 13.2. The molecule has 0 amide bonds. The molecule has 0 aliphatic carbocycles. The molecule has 0 bridgehead atoms. The largest absolute Gasteiger partial charge is 0.379 e. The van der Waals surface area contributed by atoms with Gasteiger partial charge in [0.2, 0.25) is 0 Å². The van der Waals surface area contributed by atoms with Crippen molar-refractivity contribution in [3.8, 4) is 0 Å². The summed E-state index contributed by atoms with van der Waals surface area (Å²) in [5.41, 5.74) is 5.37. The highest BCUT2D eigenvalue weighted by Crippen LogP contribution is 2.25. The Morgan fingerprint density at radius 1 is 0.850 bits per heavy atom. The van der Waals surface area contributed by atoms with Crippen molar-refractivity contribution in [1.82, 2.24) is 0 Å². The number of nitrogens with one attached hydrogen (secondary N) is 1. The maximum Gasteiger partial charge on any atom is 0.0485 e. The summed E-state index contributed by atoms with van der Waals surface area (Å²) >= 11 is 0. The van der Waals surface area contributed by atoms with Crippen molar-refractivity contribution in [2.75, 3.05) is 5.32 Å². The van der Waals surface area contributed by atoms with Crippen molar-refractivity contribution in [2.24, 2.45) is 0 Å². The Kier molecular flexibility index (Phi) is 4.17. The van der Waals surface area contributed by atoms with Crippen LogP contribution >= 0.6 is 0 Å². The highest BCUT2D eigenvalue weighted by molar-refractivity contribution is 5.46. The number of rotatable bonds is 3. The van der Waals surface area contributed by atoms with E-state index < -0.39 is 0 Å². The second-order valence-electron chi connectivity index (χ2n) is 6.60. The summed E-state index contributed by atoms with van der Waals surface area (Å²) in [6.07, 6.45) is 0. The van der Waals surface area contributed by atoms with E-state index in [0.29, 0.717) is 6.04 Å². The third kappa shape index (κ3) is 3.63. The fourth-order valence-electron chi connectivity index (χ4n) is 2.25. The van der Waals surface area contributed by atoms with E-state index in [-0.39, 0.29) is 5.41 Å². The molecule has 0 heterocycles. The normalized spacial score (nSPS) is 13.1. The smallest absolute Gasteiger partial charge is 0.0485 e. The first-order valence-electron chi connectivity index (χ1n) is 7.30. The van der Waals surface area contributed by atoms with Crippen LogP contribution in [-0.2, 0) is 5.41 Å². The lowest BCUT2D eigenvalue weighted by atomic mass is 9.86. The van der Waals surface area contributed by atoms with Gasteiger partial charge in [0.15, 0.2) is 0 Å². The van der Waals surface area contributed by atoms with Gasteiger partial charge in [0, 0.05) is 11.7 Å². The molecule has 20 heavy (non-hydrogen) atoms. The average Bonchev–Trinajstić information content (AvgIpc) is 2.40. The molecule has 1 unspecified atom stereocenters. The summed E-state index contributed by atoms with van der Waals surface area (Å²) in [7, 11) is 0. The predicted molar refractivity (Wildman–Crippen MR) is 88.4 cm³/mol. The Labute approximate surface area is 123 Å². The fraction of sp³-hybridized carbons (Fsp3) is 0.368. The van der Waals surface area contributed by atoms with Gasteiger partial charge in [0.05, 0.1) is 0 Å². The molecular formula is C19H25N. The molecule has 1 nitrogen and oxygen atoms in total. The second-order valence-corrected chi connectivity index (χ2v) is 6.60. The Hall–Kier alpha value is -1.76. The molecular weight excluding hydrogens is 242 g/mol. The summed E-state index contributed by atoms with van der Waals surface area (Å²) in [6.45, 7) is 11.0. The minimum atomic E-state index is 0.214. The van der Waals surface area contributed by atoms with E-state index in [1.54, 1.807) is 0 Å². The summed E-state index contributed by atoms with van der Waals surface area (Å²) in [5, 5.41) is 3.54. The van der Waals surface area contributed by atoms with E-state index in [1.165, 1.54) is 22.4 Å². The highest BCUT2D eigenvalue weighted by atomic mass is 14.9. The number of benzene rings is 2. The summed E-state index contributed by atoms with van der Waals surface area (Å²) in [5.74, 6) is 0. The van der Waals surface area contributed by atoms with Crippen molar-refractivity contribution in [2.45, 2.75) is 46.1 Å². The minimum absolute atomic E-state index is 0.214. The van der Waals surface area contributed by atoms with Gasteiger partial charge in [-0.1, -0.05) is 62.7 Å². The summed E-state index contributed by atoms with van der Waals surface area (Å²) in [4.78, 5) is 0. The van der Waals surface area contributed by atoms with Crippen molar-refractivity contribution in [3.05, 3.63) is 65.2 Å². The monoisotopic (exact) mass is 267 g/mol. The Bertz CT molecular complexity index is 544. The molecule has 1 heteroatoms. The first-order valence-corrected chi connectivity index (χ1v) is 7.30. The van der Waals surface area contributed by atoms with Crippen LogP contribution in [-0.4, -0.2) is 0 Å². The average molecular weight is 267 g/mol. The van der Waals surface area contributed by atoms with Gasteiger partial charge in [0.1, 0.15) is 0 Å². The zero-order valence-electron chi connectivity index (χ0n) is 13.2. The lowest BCUT2D eigenvalue weighted by Crippen LogP contribution is -2.12. The van der Waals surface area contributed by atoms with E-state index >= 15 is 0 Å². The lowest BCUT2D eigenvalue weighted by Gasteiger charge is -2.21. The van der Waals surface area contributed by atoms with Crippen LogP contribution in [0.5, 0.6) is 0 Å². The number of anilines is 1. The highest BCUT2D eigenvalue weighted by Gasteiger charge is 2.13. The lowest BCUT2D eigenvalue weighted by molar-refractivity contribution is 0.589. The minimum Gasteiger partial charge on any atom is -0.379 e. The Morgan fingerprint density at radius 2 is 1.40 bits per heavy atom. The van der Waals surface area contributed by atoms with Crippen LogP contribution < -0.4 is 5.32 Å². The second kappa shape index (κ2) is 5.70. The van der Waals surface area contributed by atoms with Crippen molar-refractivity contribution in [3.63, 3.8) is 0 Å². The molecule has 106 valence electrons. The topological polar surface area (TPSA) is 12.0 Å². The zero-order chi connectivity index (χ0) is 14.8. The van der Waals surface area contributed by atoms with E-state index in [2.05, 4.69) is 88.5 Å². The van der Waals surface area contributed by atoms with Crippen LogP contribution in [0.3, 0.4) is 0 Å². The molecule has 0 aliphatic rings. The molecule has 0 fully saturated rings. The SMILES string of the molecule is Cc1ccc(NC(C)c2ccc(C(C)(C)C)cc2)cc1. The van der Waals surface area contributed by atoms with E-state index in [9.17, 15) is 0 Å². The number of hydrogen-bond acceptors (Lipinski definition) is 1. The fourth-order valence-corrected chi connectivity index (χ4v) is 2.25. The maximum absolute atomic E-state index is 3.54. The molecule has 1 atom stereocenters. The summed E-state index contributed by atoms with van der Waals surface area (Å²) in [6, 6.07) is 17.8. The quantitative estimate of drug-likeness (QED) is 0.778. The molecule has 1 N–H and O–H groups in total. The van der Waals surface area contributed by atoms with Gasteiger partial charge in [-0.3, -0.25) is 0 Å². The molecule has 0 aromatic heterocycles. The van der Waals surface area contributed by atoms with Crippen LogP contribution in [0.25, 0.3) is 0 Å². The van der Waals surface area contributed by atoms with Crippen molar-refractivity contribution in [1.29, 1.82) is 0 Å². The molecule has 2 aromatic carbocycles. The van der Waals surface area contributed by atoms with Crippen molar-refractivity contribution >= 4 is 5.69 Å². The number of aryl methyl sites for hydroxylation is 1.